The minimum atomic E-state index is 0.854. The summed E-state index contributed by atoms with van der Waals surface area (Å²) in [5, 5.41) is 1.09. The van der Waals surface area contributed by atoms with E-state index >= 15 is 0 Å². The van der Waals surface area contributed by atoms with Crippen molar-refractivity contribution in [3.8, 4) is 0 Å². The molecule has 0 amide bonds. The highest BCUT2D eigenvalue weighted by Crippen LogP contribution is 2.55. The van der Waals surface area contributed by atoms with E-state index in [0.717, 1.165) is 41.0 Å². The maximum Gasteiger partial charge on any atom is 0.0183 e. The van der Waals surface area contributed by atoms with Crippen molar-refractivity contribution in [1.82, 2.24) is 0 Å². The predicted molar refractivity (Wildman–Crippen MR) is 76.4 cm³/mol. The molecule has 0 saturated heterocycles. The highest BCUT2D eigenvalue weighted by atomic mass is 35.5. The molecular weight excluding hydrogens is 240 g/mol. The van der Waals surface area contributed by atoms with E-state index in [0.29, 0.717) is 0 Å². The molecule has 0 aromatic carbocycles. The van der Waals surface area contributed by atoms with Crippen molar-refractivity contribution in [3.05, 3.63) is 22.8 Å². The average molecular weight is 263 g/mol. The summed E-state index contributed by atoms with van der Waals surface area (Å²) in [5.41, 5.74) is 1.59. The fraction of sp³-hybridized carbons (Fsp3) is 0.765. The van der Waals surface area contributed by atoms with E-state index < -0.39 is 0 Å². The highest BCUT2D eigenvalue weighted by Gasteiger charge is 2.46. The molecule has 5 unspecified atom stereocenters. The zero-order valence-electron chi connectivity index (χ0n) is 11.1. The second kappa shape index (κ2) is 4.40. The Hall–Kier alpha value is -0.230. The molecular formula is C17H23Cl. The van der Waals surface area contributed by atoms with Crippen molar-refractivity contribution in [2.75, 3.05) is 0 Å². The van der Waals surface area contributed by atoms with Gasteiger partial charge in [-0.1, -0.05) is 30.5 Å². The zero-order valence-corrected chi connectivity index (χ0v) is 11.8. The highest BCUT2D eigenvalue weighted by molar-refractivity contribution is 6.29. The van der Waals surface area contributed by atoms with E-state index in [1.165, 1.54) is 44.9 Å². The summed E-state index contributed by atoms with van der Waals surface area (Å²) >= 11 is 6.22. The Kier molecular flexibility index (Phi) is 2.83. The van der Waals surface area contributed by atoms with Crippen LogP contribution in [0.5, 0.6) is 0 Å². The van der Waals surface area contributed by atoms with E-state index in [4.69, 9.17) is 11.6 Å². The fourth-order valence-corrected chi connectivity index (χ4v) is 5.77. The monoisotopic (exact) mass is 262 g/mol. The van der Waals surface area contributed by atoms with Crippen molar-refractivity contribution >= 4 is 11.6 Å². The Morgan fingerprint density at radius 3 is 2.83 bits per heavy atom. The summed E-state index contributed by atoms with van der Waals surface area (Å²) in [6.07, 6.45) is 16.2. The molecule has 0 aromatic rings. The normalized spacial score (nSPS) is 46.6. The Labute approximate surface area is 115 Å². The molecule has 18 heavy (non-hydrogen) atoms. The molecule has 0 nitrogen and oxygen atoms in total. The molecule has 5 atom stereocenters. The smallest absolute Gasteiger partial charge is 0.0183 e. The average Bonchev–Trinajstić information content (AvgIpc) is 2.86. The third-order valence-corrected chi connectivity index (χ3v) is 6.57. The molecule has 2 fully saturated rings. The second-order valence-corrected chi connectivity index (χ2v) is 7.42. The number of hydrogen-bond donors (Lipinski definition) is 0. The summed E-state index contributed by atoms with van der Waals surface area (Å²) in [7, 11) is 0. The van der Waals surface area contributed by atoms with Crippen LogP contribution < -0.4 is 0 Å². The lowest BCUT2D eigenvalue weighted by molar-refractivity contribution is 0.0706. The molecule has 4 aliphatic carbocycles. The molecule has 0 aliphatic heterocycles. The van der Waals surface area contributed by atoms with Crippen LogP contribution >= 0.6 is 11.6 Å². The molecule has 0 heterocycles. The van der Waals surface area contributed by atoms with Crippen molar-refractivity contribution in [2.24, 2.45) is 29.6 Å². The van der Waals surface area contributed by atoms with Crippen LogP contribution in [0.2, 0.25) is 0 Å². The lowest BCUT2D eigenvalue weighted by Gasteiger charge is -2.47. The minimum Gasteiger partial charge on any atom is -0.0891 e. The van der Waals surface area contributed by atoms with Crippen molar-refractivity contribution in [2.45, 2.75) is 51.4 Å². The van der Waals surface area contributed by atoms with Gasteiger partial charge in [-0.2, -0.15) is 0 Å². The van der Waals surface area contributed by atoms with Crippen molar-refractivity contribution in [1.29, 1.82) is 0 Å². The minimum absolute atomic E-state index is 0.854. The van der Waals surface area contributed by atoms with Crippen molar-refractivity contribution < 1.29 is 0 Å². The molecule has 98 valence electrons. The molecule has 0 aromatic heterocycles. The molecule has 0 N–H and O–H groups in total. The Morgan fingerprint density at radius 2 is 1.89 bits per heavy atom. The number of fused-ring (bicyclic) bond motifs is 5. The first-order valence-electron chi connectivity index (χ1n) is 7.89. The molecule has 4 aliphatic rings. The summed E-state index contributed by atoms with van der Waals surface area (Å²) in [4.78, 5) is 0. The van der Waals surface area contributed by atoms with Crippen LogP contribution in [0.15, 0.2) is 22.8 Å². The molecule has 0 radical (unpaired) electrons. The molecule has 2 saturated carbocycles. The zero-order chi connectivity index (χ0) is 12.1. The maximum atomic E-state index is 6.22. The number of halogens is 1. The van der Waals surface area contributed by atoms with Gasteiger partial charge in [0.2, 0.25) is 0 Å². The molecule has 1 heteroatoms. The lowest BCUT2D eigenvalue weighted by atomic mass is 9.58. The van der Waals surface area contributed by atoms with Gasteiger partial charge in [-0.3, -0.25) is 0 Å². The van der Waals surface area contributed by atoms with E-state index in [2.05, 4.69) is 12.2 Å². The SMILES string of the molecule is ClC1=CC2=CCC3C4CCCC4CCC3C2CC1. The van der Waals surface area contributed by atoms with Gasteiger partial charge < -0.3 is 0 Å². The van der Waals surface area contributed by atoms with Gasteiger partial charge in [-0.25, -0.2) is 0 Å². The van der Waals surface area contributed by atoms with Gasteiger partial charge in [-0.05, 0) is 79.8 Å². The van der Waals surface area contributed by atoms with Gasteiger partial charge in [0.05, 0.1) is 0 Å². The third-order valence-electron chi connectivity index (χ3n) is 6.28. The topological polar surface area (TPSA) is 0 Å². The third kappa shape index (κ3) is 1.72. The van der Waals surface area contributed by atoms with Crippen LogP contribution in [0.1, 0.15) is 51.4 Å². The van der Waals surface area contributed by atoms with E-state index in [9.17, 15) is 0 Å². The van der Waals surface area contributed by atoms with Crippen LogP contribution in [0.3, 0.4) is 0 Å². The van der Waals surface area contributed by atoms with Gasteiger partial charge in [-0.15, -0.1) is 0 Å². The van der Waals surface area contributed by atoms with Crippen LogP contribution in [0, 0.1) is 29.6 Å². The van der Waals surface area contributed by atoms with Crippen LogP contribution in [-0.2, 0) is 0 Å². The first kappa shape index (κ1) is 11.6. The molecule has 0 bridgehead atoms. The number of allylic oxidation sites excluding steroid dienone is 4. The summed E-state index contributed by atoms with van der Waals surface area (Å²) in [6, 6.07) is 0. The largest absolute Gasteiger partial charge is 0.0891 e. The predicted octanol–water partition coefficient (Wildman–Crippen LogP) is 5.29. The first-order chi connectivity index (χ1) is 8.83. The van der Waals surface area contributed by atoms with Gasteiger partial charge >= 0.3 is 0 Å². The van der Waals surface area contributed by atoms with Gasteiger partial charge in [0.1, 0.15) is 0 Å². The van der Waals surface area contributed by atoms with E-state index in [-0.39, 0.29) is 0 Å². The van der Waals surface area contributed by atoms with E-state index in [1.54, 1.807) is 5.57 Å². The van der Waals surface area contributed by atoms with Crippen molar-refractivity contribution in [3.63, 3.8) is 0 Å². The van der Waals surface area contributed by atoms with Crippen LogP contribution in [-0.4, -0.2) is 0 Å². The Morgan fingerprint density at radius 1 is 0.944 bits per heavy atom. The number of rotatable bonds is 0. The molecule has 0 spiro atoms. The van der Waals surface area contributed by atoms with Crippen LogP contribution in [0.25, 0.3) is 0 Å². The first-order valence-corrected chi connectivity index (χ1v) is 8.27. The van der Waals surface area contributed by atoms with Gasteiger partial charge in [0.25, 0.3) is 0 Å². The van der Waals surface area contributed by atoms with Gasteiger partial charge in [0, 0.05) is 5.03 Å². The molecule has 4 rings (SSSR count). The number of hydrogen-bond acceptors (Lipinski definition) is 0. The Balaban J connectivity index is 1.64. The maximum absolute atomic E-state index is 6.22. The summed E-state index contributed by atoms with van der Waals surface area (Å²) < 4.78 is 0. The standard InChI is InChI=1S/C17H23Cl/c18-13-6-9-15-12(10-13)5-8-16-14-3-1-2-11(14)4-7-17(15)16/h5,10-11,14-17H,1-4,6-9H2. The van der Waals surface area contributed by atoms with Gasteiger partial charge in [0.15, 0.2) is 0 Å². The lowest BCUT2D eigenvalue weighted by Crippen LogP contribution is -2.39. The van der Waals surface area contributed by atoms with E-state index in [1.807, 2.05) is 0 Å². The van der Waals surface area contributed by atoms with Crippen LogP contribution in [0.4, 0.5) is 0 Å². The summed E-state index contributed by atoms with van der Waals surface area (Å²) in [5.74, 6) is 5.02. The second-order valence-electron chi connectivity index (χ2n) is 6.94. The quantitative estimate of drug-likeness (QED) is 0.556. The fourth-order valence-electron chi connectivity index (χ4n) is 5.54. The Bertz CT molecular complexity index is 406. The summed E-state index contributed by atoms with van der Waals surface area (Å²) in [6.45, 7) is 0.